The predicted octanol–water partition coefficient (Wildman–Crippen LogP) is 2.78. The highest BCUT2D eigenvalue weighted by atomic mass is 16.4. The Hall–Kier alpha value is -0.870. The van der Waals surface area contributed by atoms with Crippen LogP contribution < -0.4 is 5.73 Å². The van der Waals surface area contributed by atoms with Crippen LogP contribution in [0, 0.1) is 5.41 Å². The number of oxazole rings is 1. The smallest absolute Gasteiger partial charge is 0.208 e. The van der Waals surface area contributed by atoms with Crippen molar-refractivity contribution < 1.29 is 4.42 Å². The molecule has 4 nitrogen and oxygen atoms in total. The Bertz CT molecular complexity index is 390. The van der Waals surface area contributed by atoms with Gasteiger partial charge in [-0.2, -0.15) is 0 Å². The first-order valence-electron chi connectivity index (χ1n) is 7.05. The summed E-state index contributed by atoms with van der Waals surface area (Å²) in [6.07, 6.45) is 1.84. The maximum atomic E-state index is 5.84. The molecule has 0 saturated carbocycles. The van der Waals surface area contributed by atoms with Crippen LogP contribution in [0.1, 0.15) is 53.2 Å². The van der Waals surface area contributed by atoms with E-state index >= 15 is 0 Å². The molecule has 0 aromatic carbocycles. The van der Waals surface area contributed by atoms with Gasteiger partial charge < -0.3 is 10.2 Å². The lowest BCUT2D eigenvalue weighted by Crippen LogP contribution is -2.38. The van der Waals surface area contributed by atoms with Gasteiger partial charge in [-0.15, -0.1) is 0 Å². The van der Waals surface area contributed by atoms with Crippen LogP contribution in [0.2, 0.25) is 0 Å². The third-order valence-electron chi connectivity index (χ3n) is 3.30. The minimum absolute atomic E-state index is 0.0127. The molecule has 0 saturated heterocycles. The van der Waals surface area contributed by atoms with Gasteiger partial charge in [0.05, 0.1) is 12.7 Å². The van der Waals surface area contributed by atoms with Gasteiger partial charge in [0.1, 0.15) is 5.76 Å². The summed E-state index contributed by atoms with van der Waals surface area (Å²) in [5.74, 6) is 1.73. The van der Waals surface area contributed by atoms with Crippen molar-refractivity contribution in [3.05, 3.63) is 17.8 Å². The molecule has 0 spiro atoms. The van der Waals surface area contributed by atoms with Crippen LogP contribution in [0.4, 0.5) is 0 Å². The Balaban J connectivity index is 2.69. The summed E-state index contributed by atoms with van der Waals surface area (Å²) in [7, 11) is 0. The molecule has 19 heavy (non-hydrogen) atoms. The van der Waals surface area contributed by atoms with E-state index in [4.69, 9.17) is 10.2 Å². The Morgan fingerprint density at radius 3 is 2.32 bits per heavy atom. The molecule has 1 rings (SSSR count). The molecule has 1 heterocycles. The maximum absolute atomic E-state index is 5.84. The van der Waals surface area contributed by atoms with Crippen molar-refractivity contribution in [2.75, 3.05) is 19.6 Å². The second-order valence-electron chi connectivity index (χ2n) is 7.04. The van der Waals surface area contributed by atoms with Crippen molar-refractivity contribution in [1.82, 2.24) is 9.88 Å². The first-order chi connectivity index (χ1) is 8.68. The van der Waals surface area contributed by atoms with Crippen molar-refractivity contribution in [1.29, 1.82) is 0 Å². The summed E-state index contributed by atoms with van der Waals surface area (Å²) in [6, 6.07) is 0. The van der Waals surface area contributed by atoms with Crippen molar-refractivity contribution >= 4 is 0 Å². The third-order valence-corrected chi connectivity index (χ3v) is 3.30. The minimum atomic E-state index is 0.0127. The molecular formula is C15H29N3O. The molecule has 0 aliphatic carbocycles. The lowest BCUT2D eigenvalue weighted by Gasteiger charge is -2.30. The van der Waals surface area contributed by atoms with Crippen LogP contribution in [-0.4, -0.2) is 29.5 Å². The van der Waals surface area contributed by atoms with Crippen molar-refractivity contribution in [3.8, 4) is 0 Å². The second kappa shape index (κ2) is 6.06. The fourth-order valence-electron chi connectivity index (χ4n) is 1.87. The highest BCUT2D eigenvalue weighted by Gasteiger charge is 2.22. The van der Waals surface area contributed by atoms with Gasteiger partial charge in [0, 0.05) is 12.0 Å². The lowest BCUT2D eigenvalue weighted by atomic mass is 9.93. The Morgan fingerprint density at radius 1 is 1.26 bits per heavy atom. The lowest BCUT2D eigenvalue weighted by molar-refractivity contribution is 0.168. The SMILES string of the molecule is CCN(Cc1ncc(C(C)(C)C)o1)CC(C)(C)CN. The van der Waals surface area contributed by atoms with E-state index in [-0.39, 0.29) is 10.8 Å². The fourth-order valence-corrected chi connectivity index (χ4v) is 1.87. The molecule has 4 heteroatoms. The molecule has 0 radical (unpaired) electrons. The van der Waals surface area contributed by atoms with Gasteiger partial charge in [0.2, 0.25) is 5.89 Å². The van der Waals surface area contributed by atoms with Crippen molar-refractivity contribution in [2.24, 2.45) is 11.1 Å². The van der Waals surface area contributed by atoms with E-state index < -0.39 is 0 Å². The Morgan fingerprint density at radius 2 is 1.89 bits per heavy atom. The number of rotatable bonds is 6. The zero-order valence-electron chi connectivity index (χ0n) is 13.3. The monoisotopic (exact) mass is 267 g/mol. The van der Waals surface area contributed by atoms with Gasteiger partial charge in [0.15, 0.2) is 0 Å². The quantitative estimate of drug-likeness (QED) is 0.861. The van der Waals surface area contributed by atoms with E-state index in [1.807, 2.05) is 6.20 Å². The van der Waals surface area contributed by atoms with E-state index in [0.29, 0.717) is 6.54 Å². The fraction of sp³-hybridized carbons (Fsp3) is 0.800. The van der Waals surface area contributed by atoms with E-state index in [2.05, 4.69) is 51.4 Å². The summed E-state index contributed by atoms with van der Waals surface area (Å²) < 4.78 is 5.84. The molecule has 2 N–H and O–H groups in total. The van der Waals surface area contributed by atoms with Crippen LogP contribution in [0.5, 0.6) is 0 Å². The summed E-state index contributed by atoms with van der Waals surface area (Å²) in [5, 5.41) is 0. The van der Waals surface area contributed by atoms with Gasteiger partial charge in [0.25, 0.3) is 0 Å². The average molecular weight is 267 g/mol. The Labute approximate surface area is 117 Å². The van der Waals surface area contributed by atoms with Gasteiger partial charge >= 0.3 is 0 Å². The molecule has 0 atom stereocenters. The molecular weight excluding hydrogens is 238 g/mol. The molecule has 0 fully saturated rings. The molecule has 1 aromatic rings. The minimum Gasteiger partial charge on any atom is -0.444 e. The molecule has 1 aromatic heterocycles. The van der Waals surface area contributed by atoms with E-state index in [1.165, 1.54) is 0 Å². The summed E-state index contributed by atoms with van der Waals surface area (Å²) in [5.41, 5.74) is 5.93. The van der Waals surface area contributed by atoms with Crippen LogP contribution in [0.15, 0.2) is 10.6 Å². The molecule has 0 aliphatic rings. The molecule has 0 bridgehead atoms. The topological polar surface area (TPSA) is 55.3 Å². The van der Waals surface area contributed by atoms with E-state index in [1.54, 1.807) is 0 Å². The third kappa shape index (κ3) is 4.96. The number of hydrogen-bond acceptors (Lipinski definition) is 4. The first-order valence-corrected chi connectivity index (χ1v) is 7.05. The normalized spacial score (nSPS) is 13.3. The predicted molar refractivity (Wildman–Crippen MR) is 79.0 cm³/mol. The van der Waals surface area contributed by atoms with Gasteiger partial charge in [-0.25, -0.2) is 4.98 Å². The van der Waals surface area contributed by atoms with Crippen molar-refractivity contribution in [2.45, 2.75) is 53.5 Å². The average Bonchev–Trinajstić information content (AvgIpc) is 2.76. The van der Waals surface area contributed by atoms with Gasteiger partial charge in [-0.3, -0.25) is 4.90 Å². The van der Waals surface area contributed by atoms with Crippen LogP contribution in [0.25, 0.3) is 0 Å². The Kier molecular flexibility index (Phi) is 5.16. The number of aromatic nitrogens is 1. The van der Waals surface area contributed by atoms with Crippen LogP contribution in [-0.2, 0) is 12.0 Å². The zero-order chi connectivity index (χ0) is 14.7. The standard InChI is InChI=1S/C15H29N3O/c1-7-18(11-15(5,6)10-16)9-13-17-8-12(19-13)14(2,3)4/h8H,7,9-11,16H2,1-6H3. The van der Waals surface area contributed by atoms with E-state index in [9.17, 15) is 0 Å². The number of nitrogens with zero attached hydrogens (tertiary/aromatic N) is 2. The number of hydrogen-bond donors (Lipinski definition) is 1. The number of nitrogens with two attached hydrogens (primary N) is 1. The molecule has 0 aliphatic heterocycles. The van der Waals surface area contributed by atoms with Crippen LogP contribution >= 0.6 is 0 Å². The van der Waals surface area contributed by atoms with Gasteiger partial charge in [-0.1, -0.05) is 41.5 Å². The zero-order valence-corrected chi connectivity index (χ0v) is 13.3. The highest BCUT2D eigenvalue weighted by Crippen LogP contribution is 2.23. The van der Waals surface area contributed by atoms with Crippen molar-refractivity contribution in [3.63, 3.8) is 0 Å². The van der Waals surface area contributed by atoms with Gasteiger partial charge in [-0.05, 0) is 18.5 Å². The second-order valence-corrected chi connectivity index (χ2v) is 7.04. The first kappa shape index (κ1) is 16.2. The molecule has 110 valence electrons. The van der Waals surface area contributed by atoms with Crippen LogP contribution in [0.3, 0.4) is 0 Å². The molecule has 0 amide bonds. The highest BCUT2D eigenvalue weighted by molar-refractivity contribution is 5.06. The summed E-state index contributed by atoms with van der Waals surface area (Å²) >= 11 is 0. The summed E-state index contributed by atoms with van der Waals surface area (Å²) in [6.45, 7) is 16.3. The summed E-state index contributed by atoms with van der Waals surface area (Å²) in [4.78, 5) is 6.71. The maximum Gasteiger partial charge on any atom is 0.208 e. The largest absolute Gasteiger partial charge is 0.444 e. The molecule has 0 unspecified atom stereocenters. The van der Waals surface area contributed by atoms with E-state index in [0.717, 1.165) is 31.3 Å².